The van der Waals surface area contributed by atoms with Gasteiger partial charge in [0.1, 0.15) is 6.04 Å². The van der Waals surface area contributed by atoms with Crippen LogP contribution in [-0.4, -0.2) is 50.0 Å². The van der Waals surface area contributed by atoms with Crippen molar-refractivity contribution in [1.82, 2.24) is 10.2 Å². The van der Waals surface area contributed by atoms with E-state index in [2.05, 4.69) is 5.32 Å². The molecular formula is C27H35ClF3N3O4S. The monoisotopic (exact) mass is 589 g/mol. The number of carbonyl (C=O) groups is 2. The van der Waals surface area contributed by atoms with Gasteiger partial charge < -0.3 is 10.2 Å². The van der Waals surface area contributed by atoms with Crippen LogP contribution in [0, 0.1) is 0 Å². The number of alkyl halides is 3. The Bertz CT molecular complexity index is 1240. The first-order valence-corrected chi connectivity index (χ1v) is 14.9. The smallest absolute Gasteiger partial charge is 0.352 e. The predicted octanol–water partition coefficient (Wildman–Crippen LogP) is 5.63. The Labute approximate surface area is 233 Å². The molecule has 2 rings (SSSR count). The molecule has 2 unspecified atom stereocenters. The highest BCUT2D eigenvalue weighted by Crippen LogP contribution is 2.32. The third-order valence-corrected chi connectivity index (χ3v) is 7.86. The zero-order valence-corrected chi connectivity index (χ0v) is 24.0. The Morgan fingerprint density at radius 2 is 1.72 bits per heavy atom. The summed E-state index contributed by atoms with van der Waals surface area (Å²) in [7, 11) is -3.94. The molecule has 7 nitrogen and oxygen atoms in total. The predicted molar refractivity (Wildman–Crippen MR) is 147 cm³/mol. The molecule has 2 amide bonds. The molecule has 0 radical (unpaired) electrons. The minimum Gasteiger partial charge on any atom is -0.352 e. The van der Waals surface area contributed by atoms with Gasteiger partial charge in [-0.15, -0.1) is 0 Å². The normalized spacial score (nSPS) is 13.4. The van der Waals surface area contributed by atoms with Crippen LogP contribution in [0.5, 0.6) is 0 Å². The van der Waals surface area contributed by atoms with E-state index in [-0.39, 0.29) is 43.6 Å². The fraction of sp³-hybridized carbons (Fsp3) is 0.481. The van der Waals surface area contributed by atoms with Crippen LogP contribution in [-0.2, 0) is 32.3 Å². The molecule has 0 spiro atoms. The van der Waals surface area contributed by atoms with Gasteiger partial charge in [-0.2, -0.15) is 13.2 Å². The van der Waals surface area contributed by atoms with E-state index in [0.29, 0.717) is 23.4 Å². The van der Waals surface area contributed by atoms with Crippen molar-refractivity contribution in [3.05, 3.63) is 64.7 Å². The molecule has 0 bridgehead atoms. The molecule has 0 aliphatic heterocycles. The molecule has 2 aromatic carbocycles. The number of rotatable bonds is 13. The van der Waals surface area contributed by atoms with Crippen LogP contribution in [0.25, 0.3) is 0 Å². The highest BCUT2D eigenvalue weighted by atomic mass is 35.5. The summed E-state index contributed by atoms with van der Waals surface area (Å²) in [5, 5.41) is 3.34. The van der Waals surface area contributed by atoms with Gasteiger partial charge in [0, 0.05) is 30.6 Å². The number of carbonyl (C=O) groups excluding carboxylic acids is 2. The third-order valence-electron chi connectivity index (χ3n) is 6.30. The van der Waals surface area contributed by atoms with Gasteiger partial charge in [0.2, 0.25) is 21.8 Å². The lowest BCUT2D eigenvalue weighted by Gasteiger charge is -2.32. The van der Waals surface area contributed by atoms with Gasteiger partial charge in [-0.1, -0.05) is 49.7 Å². The largest absolute Gasteiger partial charge is 0.416 e. The van der Waals surface area contributed by atoms with Crippen LogP contribution in [0.3, 0.4) is 0 Å². The number of benzene rings is 2. The van der Waals surface area contributed by atoms with E-state index in [0.717, 1.165) is 28.8 Å². The van der Waals surface area contributed by atoms with Gasteiger partial charge in [-0.3, -0.25) is 13.9 Å². The SMILES string of the molecule is CCC(C)NC(=O)C(CC)N(Cc1ccccc1Cl)C(=O)CCCN(c1cccc(C(F)(F)F)c1)S(C)(=O)=O. The number of anilines is 1. The number of hydrogen-bond donors (Lipinski definition) is 1. The third kappa shape index (κ3) is 9.42. The zero-order chi connectivity index (χ0) is 29.4. The standard InChI is InChI=1S/C27H35ClF3N3O4S/c1-5-19(3)32-26(36)24(6-2)33(18-20-11-7-8-14-23(20)28)25(35)15-10-16-34(39(4,37)38)22-13-9-12-21(17-22)27(29,30)31/h7-9,11-14,17,19,24H,5-6,10,15-16,18H2,1-4H3,(H,32,36). The highest BCUT2D eigenvalue weighted by Gasteiger charge is 2.32. The van der Waals surface area contributed by atoms with E-state index in [1.807, 2.05) is 13.8 Å². The van der Waals surface area contributed by atoms with Crippen molar-refractivity contribution in [2.24, 2.45) is 0 Å². The number of nitrogens with zero attached hydrogens (tertiary/aromatic N) is 2. The van der Waals surface area contributed by atoms with Crippen LogP contribution in [0.15, 0.2) is 48.5 Å². The van der Waals surface area contributed by atoms with Gasteiger partial charge in [-0.25, -0.2) is 8.42 Å². The summed E-state index contributed by atoms with van der Waals surface area (Å²) in [6, 6.07) is 10.1. The summed E-state index contributed by atoms with van der Waals surface area (Å²) in [5.41, 5.74) is -0.482. The first-order valence-electron chi connectivity index (χ1n) is 12.7. The van der Waals surface area contributed by atoms with Crippen molar-refractivity contribution in [3.8, 4) is 0 Å². The quantitative estimate of drug-likeness (QED) is 0.328. The summed E-state index contributed by atoms with van der Waals surface area (Å²) in [6.07, 6.45) is -2.83. The summed E-state index contributed by atoms with van der Waals surface area (Å²) in [4.78, 5) is 27.9. The maximum absolute atomic E-state index is 13.5. The first kappa shape index (κ1) is 32.4. The average Bonchev–Trinajstić information content (AvgIpc) is 2.86. The van der Waals surface area contributed by atoms with Crippen LogP contribution in [0.1, 0.15) is 57.6 Å². The molecule has 0 saturated carbocycles. The number of sulfonamides is 1. The summed E-state index contributed by atoms with van der Waals surface area (Å²) < 4.78 is 65.3. The van der Waals surface area contributed by atoms with Gasteiger partial charge in [0.25, 0.3) is 0 Å². The minimum atomic E-state index is -4.64. The number of nitrogens with one attached hydrogen (secondary N) is 1. The molecule has 0 saturated heterocycles. The molecule has 1 N–H and O–H groups in total. The summed E-state index contributed by atoms with van der Waals surface area (Å²) in [5.74, 6) is -0.715. The van der Waals surface area contributed by atoms with Gasteiger partial charge >= 0.3 is 6.18 Å². The Balaban J connectivity index is 2.28. The molecule has 0 fully saturated rings. The minimum absolute atomic E-state index is 0.0184. The molecule has 216 valence electrons. The van der Waals surface area contributed by atoms with E-state index >= 15 is 0 Å². The van der Waals surface area contributed by atoms with Crippen LogP contribution in [0.2, 0.25) is 5.02 Å². The van der Waals surface area contributed by atoms with Crippen molar-refractivity contribution < 1.29 is 31.2 Å². The second kappa shape index (κ2) is 14.0. The van der Waals surface area contributed by atoms with Crippen molar-refractivity contribution in [2.75, 3.05) is 17.1 Å². The van der Waals surface area contributed by atoms with E-state index < -0.39 is 33.7 Å². The molecule has 12 heteroatoms. The van der Waals surface area contributed by atoms with Gasteiger partial charge in [0.05, 0.1) is 17.5 Å². The fourth-order valence-corrected chi connectivity index (χ4v) is 5.16. The van der Waals surface area contributed by atoms with E-state index in [4.69, 9.17) is 11.6 Å². The van der Waals surface area contributed by atoms with E-state index in [1.54, 1.807) is 31.2 Å². The second-order valence-electron chi connectivity index (χ2n) is 9.34. The number of amides is 2. The van der Waals surface area contributed by atoms with Crippen LogP contribution in [0.4, 0.5) is 18.9 Å². The Morgan fingerprint density at radius 3 is 2.28 bits per heavy atom. The number of halogens is 4. The van der Waals surface area contributed by atoms with Crippen molar-refractivity contribution in [2.45, 2.75) is 71.3 Å². The zero-order valence-electron chi connectivity index (χ0n) is 22.5. The summed E-state index contributed by atoms with van der Waals surface area (Å²) >= 11 is 6.32. The maximum Gasteiger partial charge on any atom is 0.416 e. The molecule has 0 aromatic heterocycles. The topological polar surface area (TPSA) is 86.8 Å². The van der Waals surface area contributed by atoms with E-state index in [1.165, 1.54) is 11.0 Å². The highest BCUT2D eigenvalue weighted by molar-refractivity contribution is 7.92. The van der Waals surface area contributed by atoms with Crippen LogP contribution >= 0.6 is 11.6 Å². The van der Waals surface area contributed by atoms with Gasteiger partial charge in [-0.05, 0) is 56.0 Å². The van der Waals surface area contributed by atoms with Crippen molar-refractivity contribution in [1.29, 1.82) is 0 Å². The molecule has 0 aliphatic rings. The Morgan fingerprint density at radius 1 is 1.05 bits per heavy atom. The van der Waals surface area contributed by atoms with Crippen molar-refractivity contribution in [3.63, 3.8) is 0 Å². The van der Waals surface area contributed by atoms with E-state index in [9.17, 15) is 31.2 Å². The first-order chi connectivity index (χ1) is 18.2. The molecule has 39 heavy (non-hydrogen) atoms. The lowest BCUT2D eigenvalue weighted by atomic mass is 10.1. The number of hydrogen-bond acceptors (Lipinski definition) is 4. The Hall–Kier alpha value is -2.79. The van der Waals surface area contributed by atoms with Crippen molar-refractivity contribution >= 4 is 39.1 Å². The molecule has 0 aliphatic carbocycles. The molecule has 0 heterocycles. The van der Waals surface area contributed by atoms with Gasteiger partial charge in [0.15, 0.2) is 0 Å². The molecule has 2 aromatic rings. The average molecular weight is 590 g/mol. The second-order valence-corrected chi connectivity index (χ2v) is 11.7. The molecule has 2 atom stereocenters. The summed E-state index contributed by atoms with van der Waals surface area (Å²) in [6.45, 7) is 5.41. The molecular weight excluding hydrogens is 555 g/mol. The lowest BCUT2D eigenvalue weighted by Crippen LogP contribution is -2.50. The fourth-order valence-electron chi connectivity index (χ4n) is 4.01. The Kier molecular flexibility index (Phi) is 11.7. The van der Waals surface area contributed by atoms with Crippen LogP contribution < -0.4 is 9.62 Å². The lowest BCUT2D eigenvalue weighted by molar-refractivity contribution is -0.141. The maximum atomic E-state index is 13.5.